The van der Waals surface area contributed by atoms with Gasteiger partial charge in [-0.15, -0.1) is 0 Å². The van der Waals surface area contributed by atoms with E-state index in [0.29, 0.717) is 5.75 Å². The molecule has 1 aromatic rings. The van der Waals surface area contributed by atoms with E-state index in [4.69, 9.17) is 10.00 Å². The highest BCUT2D eigenvalue weighted by Gasteiger charge is 2.29. The molecular weight excluding hydrogens is 355 g/mol. The standard InChI is InChI=1S/C14H17IN2O2/c1-10(2)14(3,9-16)17-13(18)8-19-12-7-5-4-6-11(12)15/h4-7,10H,8H2,1-3H3,(H,17,18). The van der Waals surface area contributed by atoms with Crippen molar-refractivity contribution in [3.05, 3.63) is 27.8 Å². The molecule has 0 aliphatic carbocycles. The van der Waals surface area contributed by atoms with Crippen LogP contribution in [0.4, 0.5) is 0 Å². The number of carbonyl (C=O) groups is 1. The molecule has 0 aliphatic rings. The van der Waals surface area contributed by atoms with Gasteiger partial charge in [0.05, 0.1) is 9.64 Å². The van der Waals surface area contributed by atoms with Crippen molar-refractivity contribution >= 4 is 28.5 Å². The smallest absolute Gasteiger partial charge is 0.259 e. The van der Waals surface area contributed by atoms with Crippen molar-refractivity contribution in [1.29, 1.82) is 5.26 Å². The molecule has 0 heterocycles. The minimum atomic E-state index is -0.871. The van der Waals surface area contributed by atoms with Crippen LogP contribution in [0, 0.1) is 20.8 Å². The van der Waals surface area contributed by atoms with Gasteiger partial charge < -0.3 is 10.1 Å². The van der Waals surface area contributed by atoms with Gasteiger partial charge in [-0.3, -0.25) is 4.79 Å². The summed E-state index contributed by atoms with van der Waals surface area (Å²) < 4.78 is 6.38. The summed E-state index contributed by atoms with van der Waals surface area (Å²) in [6.07, 6.45) is 0. The summed E-state index contributed by atoms with van der Waals surface area (Å²) in [6.45, 7) is 5.40. The molecule has 0 spiro atoms. The lowest BCUT2D eigenvalue weighted by molar-refractivity contribution is -0.124. The first kappa shape index (κ1) is 15.8. The lowest BCUT2D eigenvalue weighted by atomic mass is 9.90. The van der Waals surface area contributed by atoms with E-state index in [2.05, 4.69) is 34.0 Å². The second-order valence-electron chi connectivity index (χ2n) is 4.74. The Labute approximate surface area is 127 Å². The predicted octanol–water partition coefficient (Wildman–Crippen LogP) is 2.72. The van der Waals surface area contributed by atoms with Crippen molar-refractivity contribution in [2.24, 2.45) is 5.92 Å². The molecule has 1 N–H and O–H groups in total. The van der Waals surface area contributed by atoms with Gasteiger partial charge >= 0.3 is 0 Å². The predicted molar refractivity (Wildman–Crippen MR) is 81.7 cm³/mol. The lowest BCUT2D eigenvalue weighted by Gasteiger charge is -2.27. The van der Waals surface area contributed by atoms with Crippen molar-refractivity contribution in [1.82, 2.24) is 5.32 Å². The summed E-state index contributed by atoms with van der Waals surface area (Å²) in [5.74, 6) is 0.400. The number of nitriles is 1. The topological polar surface area (TPSA) is 62.1 Å². The van der Waals surface area contributed by atoms with Crippen molar-refractivity contribution < 1.29 is 9.53 Å². The number of para-hydroxylation sites is 1. The van der Waals surface area contributed by atoms with Crippen LogP contribution in [0.5, 0.6) is 5.75 Å². The Kier molecular flexibility index (Phi) is 5.60. The first-order chi connectivity index (χ1) is 8.89. The molecule has 1 atom stereocenters. The number of carbonyl (C=O) groups excluding carboxylic acids is 1. The highest BCUT2D eigenvalue weighted by molar-refractivity contribution is 14.1. The van der Waals surface area contributed by atoms with E-state index in [1.165, 1.54) is 0 Å². The van der Waals surface area contributed by atoms with Crippen molar-refractivity contribution in [2.45, 2.75) is 26.3 Å². The number of hydrogen-bond acceptors (Lipinski definition) is 3. The Morgan fingerprint density at radius 2 is 2.16 bits per heavy atom. The fourth-order valence-corrected chi connectivity index (χ4v) is 1.88. The van der Waals surface area contributed by atoms with Crippen LogP contribution in [0.25, 0.3) is 0 Å². The summed E-state index contributed by atoms with van der Waals surface area (Å²) in [4.78, 5) is 11.8. The average molecular weight is 372 g/mol. The zero-order valence-corrected chi connectivity index (χ0v) is 13.4. The summed E-state index contributed by atoms with van der Waals surface area (Å²) in [7, 11) is 0. The van der Waals surface area contributed by atoms with Gasteiger partial charge in [-0.1, -0.05) is 26.0 Å². The second-order valence-corrected chi connectivity index (χ2v) is 5.90. The van der Waals surface area contributed by atoms with Crippen molar-refractivity contribution in [3.8, 4) is 11.8 Å². The Bertz CT molecular complexity index is 496. The maximum absolute atomic E-state index is 11.8. The van der Waals surface area contributed by atoms with Gasteiger partial charge in [0, 0.05) is 0 Å². The number of ether oxygens (including phenoxy) is 1. The molecule has 4 nitrogen and oxygen atoms in total. The molecule has 0 saturated heterocycles. The molecule has 102 valence electrons. The monoisotopic (exact) mass is 372 g/mol. The molecule has 19 heavy (non-hydrogen) atoms. The third-order valence-corrected chi connectivity index (χ3v) is 3.87. The van der Waals surface area contributed by atoms with Gasteiger partial charge in [0.2, 0.25) is 0 Å². The number of amides is 1. The van der Waals surface area contributed by atoms with Crippen LogP contribution in [0.2, 0.25) is 0 Å². The molecule has 0 fully saturated rings. The molecule has 0 radical (unpaired) electrons. The van der Waals surface area contributed by atoms with E-state index >= 15 is 0 Å². The van der Waals surface area contributed by atoms with Crippen LogP contribution < -0.4 is 10.1 Å². The number of nitrogens with zero attached hydrogens (tertiary/aromatic N) is 1. The molecule has 1 aromatic carbocycles. The van der Waals surface area contributed by atoms with Crippen LogP contribution >= 0.6 is 22.6 Å². The van der Waals surface area contributed by atoms with Gasteiger partial charge in [-0.05, 0) is 47.6 Å². The van der Waals surface area contributed by atoms with Gasteiger partial charge in [0.25, 0.3) is 5.91 Å². The second kappa shape index (κ2) is 6.75. The van der Waals surface area contributed by atoms with E-state index in [-0.39, 0.29) is 18.4 Å². The van der Waals surface area contributed by atoms with E-state index in [1.807, 2.05) is 32.0 Å². The highest BCUT2D eigenvalue weighted by atomic mass is 127. The Morgan fingerprint density at radius 3 is 2.68 bits per heavy atom. The Morgan fingerprint density at radius 1 is 1.53 bits per heavy atom. The minimum absolute atomic E-state index is 0.0262. The van der Waals surface area contributed by atoms with Gasteiger partial charge in [-0.2, -0.15) is 5.26 Å². The third-order valence-electron chi connectivity index (χ3n) is 2.98. The third kappa shape index (κ3) is 4.39. The minimum Gasteiger partial charge on any atom is -0.483 e. The highest BCUT2D eigenvalue weighted by Crippen LogP contribution is 2.19. The molecule has 5 heteroatoms. The van der Waals surface area contributed by atoms with Crippen molar-refractivity contribution in [3.63, 3.8) is 0 Å². The first-order valence-electron chi connectivity index (χ1n) is 5.98. The lowest BCUT2D eigenvalue weighted by Crippen LogP contribution is -2.50. The molecule has 1 amide bonds. The van der Waals surface area contributed by atoms with Crippen molar-refractivity contribution in [2.75, 3.05) is 6.61 Å². The molecule has 0 aromatic heterocycles. The van der Waals surface area contributed by atoms with E-state index in [1.54, 1.807) is 13.0 Å². The molecule has 0 aliphatic heterocycles. The fourth-order valence-electron chi connectivity index (χ4n) is 1.33. The molecular formula is C14H17IN2O2. The Hall–Kier alpha value is -1.29. The van der Waals surface area contributed by atoms with Crippen LogP contribution in [-0.4, -0.2) is 18.1 Å². The number of hydrogen-bond donors (Lipinski definition) is 1. The largest absolute Gasteiger partial charge is 0.483 e. The van der Waals surface area contributed by atoms with Gasteiger partial charge in [0.1, 0.15) is 11.3 Å². The number of nitrogens with one attached hydrogen (secondary N) is 1. The maximum atomic E-state index is 11.8. The SMILES string of the molecule is CC(C)C(C)(C#N)NC(=O)COc1ccccc1I. The van der Waals surface area contributed by atoms with E-state index < -0.39 is 5.54 Å². The average Bonchev–Trinajstić information content (AvgIpc) is 2.37. The quantitative estimate of drug-likeness (QED) is 0.809. The van der Waals surface area contributed by atoms with E-state index in [0.717, 1.165) is 3.57 Å². The van der Waals surface area contributed by atoms with Crippen LogP contribution in [-0.2, 0) is 4.79 Å². The number of benzene rings is 1. The Balaban J connectivity index is 2.58. The van der Waals surface area contributed by atoms with Crippen LogP contribution in [0.3, 0.4) is 0 Å². The number of rotatable bonds is 5. The molecule has 0 saturated carbocycles. The maximum Gasteiger partial charge on any atom is 0.259 e. The van der Waals surface area contributed by atoms with Gasteiger partial charge in [0.15, 0.2) is 6.61 Å². The molecule has 0 bridgehead atoms. The summed E-state index contributed by atoms with van der Waals surface area (Å²) >= 11 is 2.14. The normalized spacial score (nSPS) is 13.5. The zero-order chi connectivity index (χ0) is 14.5. The van der Waals surface area contributed by atoms with Gasteiger partial charge in [-0.25, -0.2) is 0 Å². The van der Waals surface area contributed by atoms with Crippen LogP contribution in [0.1, 0.15) is 20.8 Å². The summed E-state index contributed by atoms with van der Waals surface area (Å²) in [5.41, 5.74) is -0.871. The summed E-state index contributed by atoms with van der Waals surface area (Å²) in [6, 6.07) is 9.59. The van der Waals surface area contributed by atoms with E-state index in [9.17, 15) is 4.79 Å². The molecule has 1 rings (SSSR count). The first-order valence-corrected chi connectivity index (χ1v) is 7.06. The zero-order valence-electron chi connectivity index (χ0n) is 11.2. The summed E-state index contributed by atoms with van der Waals surface area (Å²) in [5, 5.41) is 11.8. The van der Waals surface area contributed by atoms with Crippen LogP contribution in [0.15, 0.2) is 24.3 Å². The number of halogens is 1. The molecule has 1 unspecified atom stereocenters. The fraction of sp³-hybridized carbons (Fsp3) is 0.429.